The Balaban J connectivity index is 1.86. The van der Waals surface area contributed by atoms with Crippen LogP contribution < -0.4 is 5.73 Å². The fraction of sp³-hybridized carbons (Fsp3) is 0.286. The second-order valence-electron chi connectivity index (χ2n) is 4.57. The van der Waals surface area contributed by atoms with Gasteiger partial charge in [-0.15, -0.1) is 11.8 Å². The van der Waals surface area contributed by atoms with Crippen molar-refractivity contribution >= 4 is 27.5 Å². The molecule has 0 aliphatic heterocycles. The molecular formula is C14H18N2O3S2. The lowest BCUT2D eigenvalue weighted by atomic mass is 10.3. The van der Waals surface area contributed by atoms with E-state index in [0.717, 1.165) is 4.90 Å². The van der Waals surface area contributed by atoms with Gasteiger partial charge in [0.1, 0.15) is 5.76 Å². The monoisotopic (exact) mass is 326 g/mol. The van der Waals surface area contributed by atoms with Gasteiger partial charge in [0.2, 0.25) is 10.0 Å². The Hall–Kier alpha value is -1.44. The predicted octanol–water partition coefficient (Wildman–Crippen LogP) is 2.42. The summed E-state index contributed by atoms with van der Waals surface area (Å²) in [5.74, 6) is 1.18. The van der Waals surface area contributed by atoms with Gasteiger partial charge in [-0.1, -0.05) is 6.07 Å². The van der Waals surface area contributed by atoms with Crippen molar-refractivity contribution in [3.05, 3.63) is 48.4 Å². The summed E-state index contributed by atoms with van der Waals surface area (Å²) >= 11 is 1.48. The highest BCUT2D eigenvalue weighted by Crippen LogP contribution is 2.21. The quantitative estimate of drug-likeness (QED) is 0.624. The van der Waals surface area contributed by atoms with Crippen molar-refractivity contribution in [1.82, 2.24) is 4.31 Å². The fourth-order valence-corrected chi connectivity index (χ4v) is 4.19. The maximum Gasteiger partial charge on any atom is 0.215 e. The average Bonchev–Trinajstić information content (AvgIpc) is 2.91. The highest BCUT2D eigenvalue weighted by molar-refractivity contribution is 8.00. The Morgan fingerprint density at radius 3 is 2.76 bits per heavy atom. The molecule has 0 radical (unpaired) electrons. The summed E-state index contributed by atoms with van der Waals surface area (Å²) in [4.78, 5) is 0.971. The molecule has 0 fully saturated rings. The van der Waals surface area contributed by atoms with Crippen LogP contribution in [0.3, 0.4) is 0 Å². The molecule has 5 nitrogen and oxygen atoms in total. The molecule has 0 amide bonds. The van der Waals surface area contributed by atoms with Crippen LogP contribution in [0.1, 0.15) is 5.76 Å². The van der Waals surface area contributed by atoms with E-state index in [2.05, 4.69) is 0 Å². The molecule has 0 bridgehead atoms. The summed E-state index contributed by atoms with van der Waals surface area (Å²) in [5, 5.41) is 0. The Kier molecular flexibility index (Phi) is 5.33. The van der Waals surface area contributed by atoms with Gasteiger partial charge in [-0.2, -0.15) is 4.31 Å². The molecule has 0 saturated carbocycles. The van der Waals surface area contributed by atoms with E-state index < -0.39 is 10.0 Å². The van der Waals surface area contributed by atoms with Crippen LogP contribution in [0.4, 0.5) is 5.69 Å². The van der Waals surface area contributed by atoms with Crippen LogP contribution in [0.2, 0.25) is 0 Å². The number of benzene rings is 1. The summed E-state index contributed by atoms with van der Waals surface area (Å²) < 4.78 is 30.8. The van der Waals surface area contributed by atoms with Crippen LogP contribution >= 0.6 is 11.8 Å². The van der Waals surface area contributed by atoms with Crippen LogP contribution in [0.15, 0.2) is 52.0 Å². The third-order valence-electron chi connectivity index (χ3n) is 2.90. The van der Waals surface area contributed by atoms with Crippen LogP contribution in [0, 0.1) is 0 Å². The van der Waals surface area contributed by atoms with Gasteiger partial charge < -0.3 is 10.2 Å². The fourth-order valence-electron chi connectivity index (χ4n) is 1.75. The molecule has 2 rings (SSSR count). The first-order chi connectivity index (χ1) is 9.97. The number of furan rings is 1. The van der Waals surface area contributed by atoms with Gasteiger partial charge in [0.25, 0.3) is 0 Å². The molecule has 1 aromatic carbocycles. The predicted molar refractivity (Wildman–Crippen MR) is 85.5 cm³/mol. The van der Waals surface area contributed by atoms with Crippen molar-refractivity contribution in [1.29, 1.82) is 0 Å². The minimum absolute atomic E-state index is 0.0731. The van der Waals surface area contributed by atoms with E-state index in [-0.39, 0.29) is 12.3 Å². The zero-order valence-corrected chi connectivity index (χ0v) is 13.4. The molecule has 0 unspecified atom stereocenters. The summed E-state index contributed by atoms with van der Waals surface area (Å²) in [5.41, 5.74) is 6.37. The third-order valence-corrected chi connectivity index (χ3v) is 5.95. The molecule has 2 aromatic rings. The molecule has 2 N–H and O–H groups in total. The minimum Gasteiger partial charge on any atom is -0.468 e. The standard InChI is InChI=1S/C14H18N2O3S2/c1-16(11-13-5-3-7-19-13)21(17,18)9-8-20-14-6-2-4-12(15)10-14/h2-7,10H,8-9,11,15H2,1H3. The number of sulfonamides is 1. The number of nitrogens with zero attached hydrogens (tertiary/aromatic N) is 1. The number of nitrogens with two attached hydrogens (primary N) is 1. The van der Waals surface area contributed by atoms with E-state index in [1.165, 1.54) is 22.3 Å². The smallest absolute Gasteiger partial charge is 0.215 e. The van der Waals surface area contributed by atoms with Gasteiger partial charge in [0.05, 0.1) is 18.6 Å². The van der Waals surface area contributed by atoms with Gasteiger partial charge in [0, 0.05) is 23.4 Å². The lowest BCUT2D eigenvalue weighted by Crippen LogP contribution is -2.29. The summed E-state index contributed by atoms with van der Waals surface area (Å²) in [7, 11) is -1.74. The van der Waals surface area contributed by atoms with E-state index in [0.29, 0.717) is 17.2 Å². The van der Waals surface area contributed by atoms with Gasteiger partial charge in [0.15, 0.2) is 0 Å². The number of anilines is 1. The second-order valence-corrected chi connectivity index (χ2v) is 7.94. The van der Waals surface area contributed by atoms with E-state index in [1.807, 2.05) is 18.2 Å². The van der Waals surface area contributed by atoms with E-state index in [1.54, 1.807) is 25.2 Å². The van der Waals surface area contributed by atoms with Crippen molar-refractivity contribution < 1.29 is 12.8 Å². The van der Waals surface area contributed by atoms with Gasteiger partial charge in [-0.25, -0.2) is 8.42 Å². The van der Waals surface area contributed by atoms with Crippen LogP contribution in [0.5, 0.6) is 0 Å². The zero-order chi connectivity index (χ0) is 15.3. The lowest BCUT2D eigenvalue weighted by Gasteiger charge is -2.15. The van der Waals surface area contributed by atoms with Crippen molar-refractivity contribution in [3.63, 3.8) is 0 Å². The third kappa shape index (κ3) is 4.80. The highest BCUT2D eigenvalue weighted by Gasteiger charge is 2.18. The molecular weight excluding hydrogens is 308 g/mol. The lowest BCUT2D eigenvalue weighted by molar-refractivity contribution is 0.407. The molecule has 1 aromatic heterocycles. The second kappa shape index (κ2) is 7.02. The van der Waals surface area contributed by atoms with E-state index in [4.69, 9.17) is 10.2 Å². The Bertz CT molecular complexity index is 669. The number of hydrogen-bond acceptors (Lipinski definition) is 5. The van der Waals surface area contributed by atoms with Crippen LogP contribution in [-0.4, -0.2) is 31.3 Å². The first kappa shape index (κ1) is 15.9. The average molecular weight is 326 g/mol. The van der Waals surface area contributed by atoms with E-state index >= 15 is 0 Å². The molecule has 0 atom stereocenters. The summed E-state index contributed by atoms with van der Waals surface area (Å²) in [6.07, 6.45) is 1.53. The SMILES string of the molecule is CN(Cc1ccco1)S(=O)(=O)CCSc1cccc(N)c1. The van der Waals surface area contributed by atoms with Gasteiger partial charge in [-0.05, 0) is 30.3 Å². The van der Waals surface area contributed by atoms with Crippen LogP contribution in [-0.2, 0) is 16.6 Å². The Morgan fingerprint density at radius 2 is 2.10 bits per heavy atom. The Morgan fingerprint density at radius 1 is 1.29 bits per heavy atom. The van der Waals surface area contributed by atoms with Gasteiger partial charge in [-0.3, -0.25) is 0 Å². The molecule has 21 heavy (non-hydrogen) atoms. The van der Waals surface area contributed by atoms with Gasteiger partial charge >= 0.3 is 0 Å². The number of nitrogen functional groups attached to an aromatic ring is 1. The highest BCUT2D eigenvalue weighted by atomic mass is 32.2. The maximum absolute atomic E-state index is 12.2. The number of hydrogen-bond donors (Lipinski definition) is 1. The summed E-state index contributed by atoms with van der Waals surface area (Å²) in [6.45, 7) is 0.248. The van der Waals surface area contributed by atoms with Crippen molar-refractivity contribution in [3.8, 4) is 0 Å². The molecule has 1 heterocycles. The maximum atomic E-state index is 12.2. The van der Waals surface area contributed by atoms with Crippen molar-refractivity contribution in [2.75, 3.05) is 24.3 Å². The first-order valence-electron chi connectivity index (χ1n) is 6.42. The normalized spacial score (nSPS) is 11.9. The largest absolute Gasteiger partial charge is 0.468 e. The Labute approximate surface area is 129 Å². The molecule has 0 aliphatic rings. The van der Waals surface area contributed by atoms with Crippen LogP contribution in [0.25, 0.3) is 0 Å². The molecule has 0 saturated heterocycles. The van der Waals surface area contributed by atoms with E-state index in [9.17, 15) is 8.42 Å². The molecule has 7 heteroatoms. The minimum atomic E-state index is -3.30. The summed E-state index contributed by atoms with van der Waals surface area (Å²) in [6, 6.07) is 10.9. The first-order valence-corrected chi connectivity index (χ1v) is 9.01. The molecule has 0 spiro atoms. The van der Waals surface area contributed by atoms with Crippen molar-refractivity contribution in [2.45, 2.75) is 11.4 Å². The zero-order valence-electron chi connectivity index (χ0n) is 11.7. The molecule has 0 aliphatic carbocycles. The number of rotatable bonds is 7. The topological polar surface area (TPSA) is 76.5 Å². The molecule has 114 valence electrons. The number of thioether (sulfide) groups is 1. The van der Waals surface area contributed by atoms with Crippen molar-refractivity contribution in [2.24, 2.45) is 0 Å².